The van der Waals surface area contributed by atoms with Crippen molar-refractivity contribution < 1.29 is 8.83 Å². The lowest BCUT2D eigenvalue weighted by molar-refractivity contribution is 0.669. The monoisotopic (exact) mass is 770 g/mol. The summed E-state index contributed by atoms with van der Waals surface area (Å²) in [6.07, 6.45) is 0. The molecule has 0 N–H and O–H groups in total. The van der Waals surface area contributed by atoms with Gasteiger partial charge in [0.25, 0.3) is 0 Å². The third-order valence-corrected chi connectivity index (χ3v) is 13.0. The number of nitrogens with zero attached hydrogens (tertiary/aromatic N) is 2. The van der Waals surface area contributed by atoms with Gasteiger partial charge in [-0.1, -0.05) is 133 Å². The highest BCUT2D eigenvalue weighted by molar-refractivity contribution is 7.26. The largest absolute Gasteiger partial charge is 0.456 e. The normalized spacial score (nSPS) is 12.1. The van der Waals surface area contributed by atoms with Gasteiger partial charge in [0.05, 0.1) is 15.9 Å². The third kappa shape index (κ3) is 5.02. The van der Waals surface area contributed by atoms with Gasteiger partial charge in [-0.05, 0) is 92.3 Å². The molecule has 274 valence electrons. The van der Waals surface area contributed by atoms with Crippen LogP contribution in [0, 0.1) is 0 Å². The Bertz CT molecular complexity index is 3850. The van der Waals surface area contributed by atoms with Crippen molar-refractivity contribution in [3.05, 3.63) is 182 Å². The Morgan fingerprint density at radius 3 is 1.93 bits per heavy atom. The molecular formula is C54H30N2O2S. The van der Waals surface area contributed by atoms with Crippen LogP contribution in [0.5, 0.6) is 0 Å². The standard InChI is InChI=1S/C54H30N2O2S/c1-2-12-35-29-47-44(26-34(35)11-1)50-42(36-24-25-46-43(27-36)40-15-5-7-18-45(40)57-46)28-37(30-48(50)58-47)54-55-51(53-52(56-54)41-16-6-8-19-49(41)59-53)33-22-20-32(21-23-33)39-17-9-13-31-10-3-4-14-38(31)39/h1-30H. The van der Waals surface area contributed by atoms with Crippen LogP contribution >= 0.6 is 11.3 Å². The van der Waals surface area contributed by atoms with Gasteiger partial charge in [0.1, 0.15) is 22.3 Å². The average molecular weight is 771 g/mol. The first-order valence-electron chi connectivity index (χ1n) is 19.8. The minimum atomic E-state index is 0.651. The lowest BCUT2D eigenvalue weighted by Gasteiger charge is -2.11. The second-order valence-corrected chi connectivity index (χ2v) is 16.3. The van der Waals surface area contributed by atoms with E-state index in [4.69, 9.17) is 18.8 Å². The lowest BCUT2D eigenvalue weighted by Crippen LogP contribution is -1.94. The molecule has 4 aromatic heterocycles. The molecule has 4 nitrogen and oxygen atoms in total. The SMILES string of the molecule is c1ccc2cc3c(cc2c1)oc1cc(-c2nc(-c4ccc(-c5cccc6ccccc56)cc4)c4sc5ccccc5c4n2)cc(-c2ccc4oc5ccccc5c4c2)c13. The van der Waals surface area contributed by atoms with Gasteiger partial charge in [0, 0.05) is 42.8 Å². The van der Waals surface area contributed by atoms with Crippen molar-refractivity contribution in [1.29, 1.82) is 0 Å². The molecule has 0 saturated heterocycles. The first-order chi connectivity index (χ1) is 29.2. The van der Waals surface area contributed by atoms with Crippen LogP contribution in [0.15, 0.2) is 191 Å². The van der Waals surface area contributed by atoms with E-state index >= 15 is 0 Å². The van der Waals surface area contributed by atoms with Crippen molar-refractivity contribution in [2.24, 2.45) is 0 Å². The van der Waals surface area contributed by atoms with E-state index in [2.05, 4.69) is 170 Å². The minimum absolute atomic E-state index is 0.651. The molecule has 5 heteroatoms. The molecule has 0 unspecified atom stereocenters. The van der Waals surface area contributed by atoms with Crippen LogP contribution in [0.25, 0.3) is 131 Å². The molecule has 0 radical (unpaired) electrons. The van der Waals surface area contributed by atoms with Crippen LogP contribution in [-0.4, -0.2) is 9.97 Å². The molecule has 13 rings (SSSR count). The summed E-state index contributed by atoms with van der Waals surface area (Å²) in [5, 5.41) is 10.2. The summed E-state index contributed by atoms with van der Waals surface area (Å²) in [5.74, 6) is 0.651. The van der Waals surface area contributed by atoms with E-state index in [1.807, 2.05) is 12.1 Å². The predicted octanol–water partition coefficient (Wildman–Crippen LogP) is 15.6. The van der Waals surface area contributed by atoms with E-state index in [0.717, 1.165) is 92.8 Å². The first kappa shape index (κ1) is 32.5. The summed E-state index contributed by atoms with van der Waals surface area (Å²) in [7, 11) is 0. The Balaban J connectivity index is 1.06. The third-order valence-electron chi connectivity index (χ3n) is 11.9. The van der Waals surface area contributed by atoms with Gasteiger partial charge in [-0.2, -0.15) is 0 Å². The summed E-state index contributed by atoms with van der Waals surface area (Å²) < 4.78 is 15.3. The molecule has 0 bridgehead atoms. The van der Waals surface area contributed by atoms with Gasteiger partial charge in [-0.25, -0.2) is 9.97 Å². The van der Waals surface area contributed by atoms with E-state index in [1.165, 1.54) is 32.0 Å². The maximum Gasteiger partial charge on any atom is 0.160 e. The maximum absolute atomic E-state index is 6.80. The highest BCUT2D eigenvalue weighted by Crippen LogP contribution is 2.45. The summed E-state index contributed by atoms with van der Waals surface area (Å²) in [6.45, 7) is 0. The lowest BCUT2D eigenvalue weighted by atomic mass is 9.94. The number of rotatable bonds is 4. The van der Waals surface area contributed by atoms with Crippen molar-refractivity contribution in [1.82, 2.24) is 9.97 Å². The Morgan fingerprint density at radius 1 is 0.373 bits per heavy atom. The fourth-order valence-corrected chi connectivity index (χ4v) is 10.2. The van der Waals surface area contributed by atoms with Crippen LogP contribution in [0.4, 0.5) is 0 Å². The van der Waals surface area contributed by atoms with Crippen LogP contribution in [0.3, 0.4) is 0 Å². The van der Waals surface area contributed by atoms with Gasteiger partial charge < -0.3 is 8.83 Å². The molecule has 0 amide bonds. The number of hydrogen-bond donors (Lipinski definition) is 0. The Labute approximate surface area is 341 Å². The van der Waals surface area contributed by atoms with Gasteiger partial charge >= 0.3 is 0 Å². The van der Waals surface area contributed by atoms with Gasteiger partial charge in [-0.15, -0.1) is 11.3 Å². The second kappa shape index (κ2) is 12.4. The van der Waals surface area contributed by atoms with Crippen LogP contribution in [0.1, 0.15) is 0 Å². The van der Waals surface area contributed by atoms with Crippen LogP contribution < -0.4 is 0 Å². The maximum atomic E-state index is 6.80. The molecule has 13 aromatic rings. The molecule has 0 spiro atoms. The number of furan rings is 2. The fraction of sp³-hybridized carbons (Fsp3) is 0. The summed E-state index contributed by atoms with van der Waals surface area (Å²) in [4.78, 5) is 10.8. The molecule has 0 atom stereocenters. The minimum Gasteiger partial charge on any atom is -0.456 e. The summed E-state index contributed by atoms with van der Waals surface area (Å²) in [5.41, 5.74) is 11.7. The van der Waals surface area contributed by atoms with Crippen molar-refractivity contribution in [2.75, 3.05) is 0 Å². The van der Waals surface area contributed by atoms with Crippen molar-refractivity contribution in [3.63, 3.8) is 0 Å². The zero-order valence-electron chi connectivity index (χ0n) is 31.4. The molecular weight excluding hydrogens is 741 g/mol. The highest BCUT2D eigenvalue weighted by atomic mass is 32.1. The Morgan fingerprint density at radius 2 is 1.05 bits per heavy atom. The Hall–Kier alpha value is -7.60. The molecule has 0 aliphatic heterocycles. The number of fused-ring (bicyclic) bond motifs is 11. The van der Waals surface area contributed by atoms with E-state index < -0.39 is 0 Å². The number of para-hydroxylation sites is 1. The fourth-order valence-electron chi connectivity index (χ4n) is 9.04. The van der Waals surface area contributed by atoms with E-state index in [0.29, 0.717) is 5.82 Å². The quantitative estimate of drug-likeness (QED) is 0.179. The predicted molar refractivity (Wildman–Crippen MR) is 246 cm³/mol. The molecule has 0 aliphatic carbocycles. The van der Waals surface area contributed by atoms with E-state index in [1.54, 1.807) is 11.3 Å². The summed E-state index contributed by atoms with van der Waals surface area (Å²) in [6, 6.07) is 64.4. The zero-order chi connectivity index (χ0) is 38.6. The van der Waals surface area contributed by atoms with Crippen molar-refractivity contribution >= 4 is 97.1 Å². The van der Waals surface area contributed by atoms with Crippen LogP contribution in [-0.2, 0) is 0 Å². The molecule has 9 aromatic carbocycles. The molecule has 0 aliphatic rings. The number of hydrogen-bond acceptors (Lipinski definition) is 5. The second-order valence-electron chi connectivity index (χ2n) is 15.3. The molecule has 0 fully saturated rings. The average Bonchev–Trinajstić information content (AvgIpc) is 3.98. The van der Waals surface area contributed by atoms with E-state index in [-0.39, 0.29) is 0 Å². The van der Waals surface area contributed by atoms with Crippen molar-refractivity contribution in [2.45, 2.75) is 0 Å². The van der Waals surface area contributed by atoms with Gasteiger partial charge in [0.2, 0.25) is 0 Å². The number of benzene rings is 9. The van der Waals surface area contributed by atoms with E-state index in [9.17, 15) is 0 Å². The molecule has 4 heterocycles. The van der Waals surface area contributed by atoms with Crippen molar-refractivity contribution in [3.8, 4) is 44.9 Å². The molecule has 0 saturated carbocycles. The zero-order valence-corrected chi connectivity index (χ0v) is 32.3. The topological polar surface area (TPSA) is 52.1 Å². The van der Waals surface area contributed by atoms with Gasteiger partial charge in [0.15, 0.2) is 5.82 Å². The molecule has 59 heavy (non-hydrogen) atoms. The highest BCUT2D eigenvalue weighted by Gasteiger charge is 2.21. The smallest absolute Gasteiger partial charge is 0.160 e. The number of aromatic nitrogens is 2. The van der Waals surface area contributed by atoms with Gasteiger partial charge in [-0.3, -0.25) is 0 Å². The first-order valence-corrected chi connectivity index (χ1v) is 20.6. The number of thiophene rings is 1. The van der Waals surface area contributed by atoms with Crippen LogP contribution in [0.2, 0.25) is 0 Å². The summed E-state index contributed by atoms with van der Waals surface area (Å²) >= 11 is 1.75. The Kier molecular flexibility index (Phi) is 6.85.